The molecule has 4 nitrogen and oxygen atoms in total. The molecule has 0 bridgehead atoms. The Kier molecular flexibility index (Phi) is 4.40. The summed E-state index contributed by atoms with van der Waals surface area (Å²) in [5.74, 6) is 0.990. The Morgan fingerprint density at radius 2 is 1.94 bits per heavy atom. The number of hydrogen-bond acceptors (Lipinski definition) is 3. The Morgan fingerprint density at radius 1 is 1.24 bits per heavy atom. The summed E-state index contributed by atoms with van der Waals surface area (Å²) in [5, 5.41) is 0. The highest BCUT2D eigenvalue weighted by atomic mass is 16.2. The number of nitrogens with two attached hydrogens (primary N) is 1. The predicted octanol–water partition coefficient (Wildman–Crippen LogP) is 0.668. The van der Waals surface area contributed by atoms with Crippen LogP contribution in [-0.4, -0.2) is 55.0 Å². The Bertz CT molecular complexity index is 261. The van der Waals surface area contributed by atoms with E-state index < -0.39 is 0 Å². The number of nitrogens with zero attached hydrogens (tertiary/aromatic N) is 2. The summed E-state index contributed by atoms with van der Waals surface area (Å²) in [6.45, 7) is 3.80. The quantitative estimate of drug-likeness (QED) is 0.787. The lowest BCUT2D eigenvalue weighted by Gasteiger charge is -2.37. The zero-order valence-electron chi connectivity index (χ0n) is 10.9. The monoisotopic (exact) mass is 239 g/mol. The van der Waals surface area contributed by atoms with Crippen molar-refractivity contribution in [2.24, 2.45) is 11.7 Å². The van der Waals surface area contributed by atoms with E-state index in [1.54, 1.807) is 0 Å². The van der Waals surface area contributed by atoms with Crippen LogP contribution in [0.3, 0.4) is 0 Å². The summed E-state index contributed by atoms with van der Waals surface area (Å²) in [6.07, 6.45) is 5.38. The fourth-order valence-corrected chi connectivity index (χ4v) is 3.27. The summed E-state index contributed by atoms with van der Waals surface area (Å²) in [6, 6.07) is 0.503. The van der Waals surface area contributed by atoms with Crippen LogP contribution in [0, 0.1) is 5.92 Å². The molecule has 2 fully saturated rings. The van der Waals surface area contributed by atoms with Gasteiger partial charge >= 0.3 is 0 Å². The van der Waals surface area contributed by atoms with E-state index in [1.807, 2.05) is 0 Å². The van der Waals surface area contributed by atoms with Crippen molar-refractivity contribution in [3.63, 3.8) is 0 Å². The molecule has 1 unspecified atom stereocenters. The van der Waals surface area contributed by atoms with Gasteiger partial charge in [-0.3, -0.25) is 4.79 Å². The van der Waals surface area contributed by atoms with Crippen LogP contribution in [0.15, 0.2) is 0 Å². The third-order valence-electron chi connectivity index (χ3n) is 4.29. The zero-order chi connectivity index (χ0) is 12.3. The van der Waals surface area contributed by atoms with E-state index in [0.29, 0.717) is 19.0 Å². The molecule has 1 amide bonds. The van der Waals surface area contributed by atoms with Gasteiger partial charge in [0.15, 0.2) is 0 Å². The second kappa shape index (κ2) is 5.83. The average molecular weight is 239 g/mol. The van der Waals surface area contributed by atoms with E-state index in [4.69, 9.17) is 5.73 Å². The molecule has 4 heteroatoms. The Hall–Kier alpha value is -0.610. The summed E-state index contributed by atoms with van der Waals surface area (Å²) < 4.78 is 0. The van der Waals surface area contributed by atoms with E-state index in [2.05, 4.69) is 16.8 Å². The molecule has 2 aliphatic rings. The number of carbonyl (C=O) groups is 1. The second-order valence-electron chi connectivity index (χ2n) is 5.48. The maximum atomic E-state index is 12.0. The van der Waals surface area contributed by atoms with Crippen LogP contribution >= 0.6 is 0 Å². The highest BCUT2D eigenvalue weighted by molar-refractivity contribution is 5.77. The number of rotatable bonds is 3. The molecule has 0 aromatic carbocycles. The summed E-state index contributed by atoms with van der Waals surface area (Å²) in [7, 11) is 2.18. The van der Waals surface area contributed by atoms with Gasteiger partial charge in [0, 0.05) is 25.6 Å². The molecule has 98 valence electrons. The number of amides is 1. The molecule has 2 saturated heterocycles. The minimum Gasteiger partial charge on any atom is -0.339 e. The first-order chi connectivity index (χ1) is 8.22. The molecule has 0 radical (unpaired) electrons. The SMILES string of the molecule is CN1CCC(C2CCCN2C(=O)CCN)CC1. The molecule has 0 aromatic rings. The van der Waals surface area contributed by atoms with Crippen molar-refractivity contribution in [1.82, 2.24) is 9.80 Å². The lowest BCUT2D eigenvalue weighted by atomic mass is 9.88. The molecule has 2 heterocycles. The first-order valence-electron chi connectivity index (χ1n) is 6.90. The fourth-order valence-electron chi connectivity index (χ4n) is 3.27. The van der Waals surface area contributed by atoms with Gasteiger partial charge in [0.25, 0.3) is 0 Å². The van der Waals surface area contributed by atoms with Gasteiger partial charge in [-0.1, -0.05) is 0 Å². The Balaban J connectivity index is 1.92. The third kappa shape index (κ3) is 2.99. The maximum Gasteiger partial charge on any atom is 0.224 e. The van der Waals surface area contributed by atoms with E-state index in [1.165, 1.54) is 38.8 Å². The first-order valence-corrected chi connectivity index (χ1v) is 6.90. The molecular formula is C13H25N3O. The lowest BCUT2D eigenvalue weighted by Crippen LogP contribution is -2.44. The first kappa shape index (κ1) is 12.8. The topological polar surface area (TPSA) is 49.6 Å². The Labute approximate surface area is 104 Å². The standard InChI is InChI=1S/C13H25N3O/c1-15-9-5-11(6-10-15)12-3-2-8-16(12)13(17)4-7-14/h11-12H,2-10,14H2,1H3. The predicted molar refractivity (Wildman–Crippen MR) is 68.6 cm³/mol. The summed E-state index contributed by atoms with van der Waals surface area (Å²) >= 11 is 0. The average Bonchev–Trinajstić information content (AvgIpc) is 2.79. The van der Waals surface area contributed by atoms with E-state index >= 15 is 0 Å². The smallest absolute Gasteiger partial charge is 0.224 e. The van der Waals surface area contributed by atoms with Gasteiger partial charge in [0.2, 0.25) is 5.91 Å². The largest absolute Gasteiger partial charge is 0.339 e. The van der Waals surface area contributed by atoms with Crippen molar-refractivity contribution >= 4 is 5.91 Å². The molecule has 17 heavy (non-hydrogen) atoms. The molecule has 1 atom stereocenters. The van der Waals surface area contributed by atoms with Crippen LogP contribution in [0.4, 0.5) is 0 Å². The zero-order valence-corrected chi connectivity index (χ0v) is 10.9. The van der Waals surface area contributed by atoms with Crippen LogP contribution in [0.5, 0.6) is 0 Å². The maximum absolute atomic E-state index is 12.0. The van der Waals surface area contributed by atoms with Gasteiger partial charge in [0.05, 0.1) is 0 Å². The van der Waals surface area contributed by atoms with Crippen molar-refractivity contribution in [3.05, 3.63) is 0 Å². The van der Waals surface area contributed by atoms with Crippen LogP contribution in [0.2, 0.25) is 0 Å². The molecule has 0 saturated carbocycles. The van der Waals surface area contributed by atoms with Crippen molar-refractivity contribution in [2.75, 3.05) is 33.2 Å². The van der Waals surface area contributed by atoms with Crippen molar-refractivity contribution in [1.29, 1.82) is 0 Å². The van der Waals surface area contributed by atoms with Crippen LogP contribution in [-0.2, 0) is 4.79 Å². The Morgan fingerprint density at radius 3 is 2.59 bits per heavy atom. The molecule has 0 aliphatic carbocycles. The number of piperidine rings is 1. The van der Waals surface area contributed by atoms with Crippen molar-refractivity contribution in [2.45, 2.75) is 38.1 Å². The van der Waals surface area contributed by atoms with E-state index in [9.17, 15) is 4.79 Å². The van der Waals surface area contributed by atoms with Crippen LogP contribution < -0.4 is 5.73 Å². The lowest BCUT2D eigenvalue weighted by molar-refractivity contribution is -0.133. The van der Waals surface area contributed by atoms with Crippen molar-refractivity contribution in [3.8, 4) is 0 Å². The molecule has 2 aliphatic heterocycles. The van der Waals surface area contributed by atoms with Gasteiger partial charge in [-0.25, -0.2) is 0 Å². The van der Waals surface area contributed by atoms with Crippen LogP contribution in [0.25, 0.3) is 0 Å². The van der Waals surface area contributed by atoms with Gasteiger partial charge in [-0.2, -0.15) is 0 Å². The molecule has 2 rings (SSSR count). The number of likely N-dealkylation sites (tertiary alicyclic amines) is 2. The number of hydrogen-bond donors (Lipinski definition) is 1. The van der Waals surface area contributed by atoms with Gasteiger partial charge in [-0.05, 0) is 51.7 Å². The summed E-state index contributed by atoms with van der Waals surface area (Å²) in [5.41, 5.74) is 5.48. The third-order valence-corrected chi connectivity index (χ3v) is 4.29. The number of carbonyl (C=O) groups excluding carboxylic acids is 1. The minimum absolute atomic E-state index is 0.272. The normalized spacial score (nSPS) is 27.6. The highest BCUT2D eigenvalue weighted by Gasteiger charge is 2.35. The fraction of sp³-hybridized carbons (Fsp3) is 0.923. The molecule has 0 spiro atoms. The van der Waals surface area contributed by atoms with Gasteiger partial charge in [-0.15, -0.1) is 0 Å². The minimum atomic E-state index is 0.272. The van der Waals surface area contributed by atoms with E-state index in [0.717, 1.165) is 12.5 Å². The van der Waals surface area contributed by atoms with Crippen LogP contribution in [0.1, 0.15) is 32.1 Å². The van der Waals surface area contributed by atoms with E-state index in [-0.39, 0.29) is 5.91 Å². The second-order valence-corrected chi connectivity index (χ2v) is 5.48. The van der Waals surface area contributed by atoms with Gasteiger partial charge in [0.1, 0.15) is 0 Å². The molecule has 0 aromatic heterocycles. The highest BCUT2D eigenvalue weighted by Crippen LogP contribution is 2.31. The molecular weight excluding hydrogens is 214 g/mol. The molecule has 2 N–H and O–H groups in total. The van der Waals surface area contributed by atoms with Crippen molar-refractivity contribution < 1.29 is 4.79 Å². The summed E-state index contributed by atoms with van der Waals surface area (Å²) in [4.78, 5) is 16.5. The van der Waals surface area contributed by atoms with Gasteiger partial charge < -0.3 is 15.5 Å².